The van der Waals surface area contributed by atoms with E-state index < -0.39 is 11.3 Å². The molecule has 0 aliphatic carbocycles. The first-order valence-corrected chi connectivity index (χ1v) is 8.74. The first kappa shape index (κ1) is 18.3. The van der Waals surface area contributed by atoms with Crippen molar-refractivity contribution >= 4 is 63.2 Å². The van der Waals surface area contributed by atoms with Gasteiger partial charge in [0.05, 0.1) is 17.8 Å². The van der Waals surface area contributed by atoms with Crippen LogP contribution < -0.4 is 9.64 Å². The van der Waals surface area contributed by atoms with Crippen molar-refractivity contribution in [3.05, 3.63) is 56.5 Å². The van der Waals surface area contributed by atoms with Crippen molar-refractivity contribution < 1.29 is 14.3 Å². The molecule has 1 heterocycles. The van der Waals surface area contributed by atoms with E-state index in [0.717, 1.165) is 0 Å². The van der Waals surface area contributed by atoms with Gasteiger partial charge in [-0.25, -0.2) is 0 Å². The monoisotopic (exact) mass is 417 g/mol. The third-order valence-corrected chi connectivity index (χ3v) is 4.80. The lowest BCUT2D eigenvalue weighted by Gasteiger charge is -2.34. The molecule has 0 saturated heterocycles. The maximum atomic E-state index is 12.6. The molecule has 3 rings (SSSR count). The molecular formula is C17H11Cl4NO3. The number of fused-ring (bicyclic) bond motifs is 1. The first-order valence-electron chi connectivity index (χ1n) is 7.23. The summed E-state index contributed by atoms with van der Waals surface area (Å²) in [4.78, 5) is 25.8. The number of benzene rings is 2. The van der Waals surface area contributed by atoms with Crippen molar-refractivity contribution in [1.29, 1.82) is 0 Å². The summed E-state index contributed by atoms with van der Waals surface area (Å²) in [6.45, 7) is 1.77. The van der Waals surface area contributed by atoms with E-state index in [1.165, 1.54) is 11.0 Å². The zero-order valence-corrected chi connectivity index (χ0v) is 15.9. The van der Waals surface area contributed by atoms with Gasteiger partial charge < -0.3 is 9.64 Å². The number of anilines is 1. The molecule has 130 valence electrons. The second-order valence-corrected chi connectivity index (χ2v) is 7.12. The molecule has 0 bridgehead atoms. The molecule has 1 aliphatic heterocycles. The lowest BCUT2D eigenvalue weighted by atomic mass is 10.1. The van der Waals surface area contributed by atoms with Gasteiger partial charge in [0.15, 0.2) is 11.9 Å². The average molecular weight is 419 g/mol. The largest absolute Gasteiger partial charge is 0.478 e. The van der Waals surface area contributed by atoms with Crippen LogP contribution in [0, 0.1) is 0 Å². The number of ether oxygens (including phenoxy) is 1. The first-order chi connectivity index (χ1) is 11.8. The second kappa shape index (κ2) is 7.04. The lowest BCUT2D eigenvalue weighted by Crippen LogP contribution is -2.44. The number of carbonyl (C=O) groups is 2. The third-order valence-electron chi connectivity index (χ3n) is 3.79. The van der Waals surface area contributed by atoms with Gasteiger partial charge in [0.25, 0.3) is 11.1 Å². The zero-order chi connectivity index (χ0) is 18.3. The van der Waals surface area contributed by atoms with E-state index in [-0.39, 0.29) is 28.8 Å². The number of carbonyl (C=O) groups excluding carboxylic acids is 2. The number of hydrogen-bond donors (Lipinski definition) is 0. The van der Waals surface area contributed by atoms with E-state index in [1.54, 1.807) is 31.2 Å². The number of halogens is 4. The van der Waals surface area contributed by atoms with Crippen molar-refractivity contribution in [3.8, 4) is 5.75 Å². The second-order valence-electron chi connectivity index (χ2n) is 5.50. The molecule has 1 amide bonds. The van der Waals surface area contributed by atoms with Crippen LogP contribution in [0.3, 0.4) is 0 Å². The smallest absolute Gasteiger partial charge is 0.268 e. The van der Waals surface area contributed by atoms with Crippen molar-refractivity contribution in [2.24, 2.45) is 0 Å². The summed E-state index contributed by atoms with van der Waals surface area (Å²) in [6.07, 6.45) is -0.783. The maximum Gasteiger partial charge on any atom is 0.268 e. The summed E-state index contributed by atoms with van der Waals surface area (Å²) >= 11 is 23.8. The quantitative estimate of drug-likeness (QED) is 0.632. The van der Waals surface area contributed by atoms with Gasteiger partial charge in [0.1, 0.15) is 0 Å². The molecule has 25 heavy (non-hydrogen) atoms. The van der Waals surface area contributed by atoms with E-state index >= 15 is 0 Å². The van der Waals surface area contributed by atoms with Crippen LogP contribution >= 0.6 is 46.4 Å². The van der Waals surface area contributed by atoms with Gasteiger partial charge in [0.2, 0.25) is 0 Å². The van der Waals surface area contributed by atoms with Crippen molar-refractivity contribution in [2.75, 3.05) is 4.90 Å². The SMILES string of the molecule is CC1Oc2c(C(=O)Cl)cc(Cl)cc2N(Cc2ccc(Cl)cc2Cl)C1=O. The van der Waals surface area contributed by atoms with Crippen LogP contribution in [0.4, 0.5) is 5.69 Å². The molecule has 2 aromatic carbocycles. The third kappa shape index (κ3) is 3.58. The minimum atomic E-state index is -0.783. The molecule has 2 aromatic rings. The standard InChI is InChI=1S/C17H11Cl4NO3/c1-8-17(24)22(7-9-2-3-10(18)5-13(9)20)14-6-11(19)4-12(16(21)23)15(14)25-8/h2-6,8H,7H2,1H3. The van der Waals surface area contributed by atoms with Crippen LogP contribution in [0.25, 0.3) is 0 Å². The van der Waals surface area contributed by atoms with Crippen molar-refractivity contribution in [3.63, 3.8) is 0 Å². The number of rotatable bonds is 3. The van der Waals surface area contributed by atoms with Gasteiger partial charge in [-0.2, -0.15) is 0 Å². The van der Waals surface area contributed by atoms with Gasteiger partial charge in [-0.15, -0.1) is 0 Å². The highest BCUT2D eigenvalue weighted by atomic mass is 35.5. The fraction of sp³-hybridized carbons (Fsp3) is 0.176. The predicted octanol–water partition coefficient (Wildman–Crippen LogP) is 5.34. The van der Waals surface area contributed by atoms with Crippen LogP contribution in [0.15, 0.2) is 30.3 Å². The molecule has 0 aromatic heterocycles. The fourth-order valence-electron chi connectivity index (χ4n) is 2.60. The van der Waals surface area contributed by atoms with Gasteiger partial charge in [0, 0.05) is 15.1 Å². The van der Waals surface area contributed by atoms with Crippen molar-refractivity contribution in [2.45, 2.75) is 19.6 Å². The highest BCUT2D eigenvalue weighted by Crippen LogP contribution is 2.41. The van der Waals surface area contributed by atoms with Gasteiger partial charge >= 0.3 is 0 Å². The van der Waals surface area contributed by atoms with Gasteiger partial charge in [-0.05, 0) is 48.4 Å². The Bertz CT molecular complexity index is 884. The van der Waals surface area contributed by atoms with E-state index in [9.17, 15) is 9.59 Å². The minimum Gasteiger partial charge on any atom is -0.478 e. The molecule has 0 spiro atoms. The van der Waals surface area contributed by atoms with Gasteiger partial charge in [-0.1, -0.05) is 40.9 Å². The molecular weight excluding hydrogens is 408 g/mol. The molecule has 0 fully saturated rings. The van der Waals surface area contributed by atoms with E-state index in [1.807, 2.05) is 0 Å². The summed E-state index contributed by atoms with van der Waals surface area (Å²) in [5, 5.41) is 0.469. The average Bonchev–Trinajstić information content (AvgIpc) is 2.53. The van der Waals surface area contributed by atoms with E-state index in [2.05, 4.69) is 0 Å². The molecule has 1 unspecified atom stereocenters. The Kier molecular flexibility index (Phi) is 5.16. The van der Waals surface area contributed by atoms with E-state index in [4.69, 9.17) is 51.1 Å². The normalized spacial score (nSPS) is 16.4. The molecule has 0 saturated carbocycles. The highest BCUT2D eigenvalue weighted by Gasteiger charge is 2.34. The molecule has 0 N–H and O–H groups in total. The Morgan fingerprint density at radius 2 is 1.88 bits per heavy atom. The minimum absolute atomic E-state index is 0.107. The molecule has 4 nitrogen and oxygen atoms in total. The maximum absolute atomic E-state index is 12.6. The molecule has 8 heteroatoms. The summed E-state index contributed by atoms with van der Waals surface area (Å²) in [5.41, 5.74) is 1.17. The number of hydrogen-bond acceptors (Lipinski definition) is 3. The topological polar surface area (TPSA) is 46.6 Å². The summed E-state index contributed by atoms with van der Waals surface area (Å²) in [5.74, 6) is -0.0599. The molecule has 1 atom stereocenters. The molecule has 1 aliphatic rings. The van der Waals surface area contributed by atoms with Crippen molar-refractivity contribution in [1.82, 2.24) is 0 Å². The Labute approximate surface area is 164 Å². The Balaban J connectivity index is 2.11. The van der Waals surface area contributed by atoms with Crippen LogP contribution in [0.1, 0.15) is 22.8 Å². The van der Waals surface area contributed by atoms with Crippen LogP contribution in [0.5, 0.6) is 5.75 Å². The van der Waals surface area contributed by atoms with E-state index in [0.29, 0.717) is 21.3 Å². The van der Waals surface area contributed by atoms with Crippen LogP contribution in [-0.2, 0) is 11.3 Å². The summed E-state index contributed by atoms with van der Waals surface area (Å²) in [7, 11) is 0. The number of amides is 1. The Morgan fingerprint density at radius 3 is 2.52 bits per heavy atom. The highest BCUT2D eigenvalue weighted by molar-refractivity contribution is 6.68. The Hall–Kier alpha value is -1.46. The fourth-order valence-corrected chi connectivity index (χ4v) is 3.42. The Morgan fingerprint density at radius 1 is 1.16 bits per heavy atom. The summed E-state index contributed by atoms with van der Waals surface area (Å²) in [6, 6.07) is 7.97. The summed E-state index contributed by atoms with van der Waals surface area (Å²) < 4.78 is 5.60. The number of nitrogens with zero attached hydrogens (tertiary/aromatic N) is 1. The lowest BCUT2D eigenvalue weighted by molar-refractivity contribution is -0.125. The zero-order valence-electron chi connectivity index (χ0n) is 12.9. The molecule has 0 radical (unpaired) electrons. The van der Waals surface area contributed by atoms with Gasteiger partial charge in [-0.3, -0.25) is 9.59 Å². The van der Waals surface area contributed by atoms with Crippen LogP contribution in [0.2, 0.25) is 15.1 Å². The van der Waals surface area contributed by atoms with Crippen LogP contribution in [-0.4, -0.2) is 17.3 Å². The predicted molar refractivity (Wildman–Crippen MR) is 99.4 cm³/mol.